The van der Waals surface area contributed by atoms with Crippen LogP contribution in [0.1, 0.15) is 32.0 Å². The van der Waals surface area contributed by atoms with Gasteiger partial charge >= 0.3 is 0 Å². The lowest BCUT2D eigenvalue weighted by Gasteiger charge is -2.27. The quantitative estimate of drug-likeness (QED) is 0.853. The molecule has 0 aromatic carbocycles. The summed E-state index contributed by atoms with van der Waals surface area (Å²) >= 11 is 2.04. The van der Waals surface area contributed by atoms with Gasteiger partial charge in [0, 0.05) is 11.8 Å². The van der Waals surface area contributed by atoms with E-state index in [4.69, 9.17) is 0 Å². The van der Waals surface area contributed by atoms with E-state index in [1.807, 2.05) is 31.3 Å². The molecule has 3 nitrogen and oxygen atoms in total. The normalized spacial score (nSPS) is 22.2. The molecule has 0 aliphatic carbocycles. The highest BCUT2D eigenvalue weighted by atomic mass is 32.2. The van der Waals surface area contributed by atoms with Gasteiger partial charge in [-0.2, -0.15) is 11.8 Å². The summed E-state index contributed by atoms with van der Waals surface area (Å²) in [5.74, 6) is 2.51. The van der Waals surface area contributed by atoms with Gasteiger partial charge in [0.15, 0.2) is 0 Å². The van der Waals surface area contributed by atoms with E-state index < -0.39 is 0 Å². The van der Waals surface area contributed by atoms with Crippen LogP contribution in [0.5, 0.6) is 0 Å². The van der Waals surface area contributed by atoms with Gasteiger partial charge in [-0.05, 0) is 33.1 Å². The van der Waals surface area contributed by atoms with Crippen molar-refractivity contribution in [1.82, 2.24) is 14.9 Å². The zero-order valence-electron chi connectivity index (χ0n) is 9.66. The summed E-state index contributed by atoms with van der Waals surface area (Å²) in [5.41, 5.74) is 1.29. The van der Waals surface area contributed by atoms with Crippen molar-refractivity contribution in [2.45, 2.75) is 31.8 Å². The summed E-state index contributed by atoms with van der Waals surface area (Å²) in [5, 5.41) is 3.34. The van der Waals surface area contributed by atoms with Crippen molar-refractivity contribution >= 4 is 11.8 Å². The van der Waals surface area contributed by atoms with Crippen LogP contribution in [-0.4, -0.2) is 28.1 Å². The summed E-state index contributed by atoms with van der Waals surface area (Å²) in [6.07, 6.45) is 5.23. The predicted octanol–water partition coefficient (Wildman–Crippen LogP) is 2.02. The molecule has 1 fully saturated rings. The van der Waals surface area contributed by atoms with Crippen molar-refractivity contribution in [2.75, 3.05) is 18.6 Å². The maximum atomic E-state index is 4.29. The molecule has 1 aromatic rings. The van der Waals surface area contributed by atoms with Crippen LogP contribution in [-0.2, 0) is 5.54 Å². The maximum Gasteiger partial charge on any atom is 0.0951 e. The predicted molar refractivity (Wildman–Crippen MR) is 65.3 cm³/mol. The van der Waals surface area contributed by atoms with E-state index in [1.54, 1.807) is 0 Å². The zero-order valence-corrected chi connectivity index (χ0v) is 10.5. The standard InChI is InChI=1S/C11H19N3S/c1-11(2,12-3)10-6-13-8-14(10)9-4-5-15-7-9/h6,8-9,12H,4-5,7H2,1-3H3. The van der Waals surface area contributed by atoms with E-state index in [2.05, 4.69) is 28.7 Å². The average Bonchev–Trinajstić information content (AvgIpc) is 2.87. The molecular formula is C11H19N3S. The molecule has 0 spiro atoms. The molecule has 0 bridgehead atoms. The summed E-state index contributed by atoms with van der Waals surface area (Å²) in [6.45, 7) is 4.39. The number of thioether (sulfide) groups is 1. The third-order valence-electron chi connectivity index (χ3n) is 3.23. The number of hydrogen-bond donors (Lipinski definition) is 1. The number of nitrogens with one attached hydrogen (secondary N) is 1. The first-order valence-electron chi connectivity index (χ1n) is 5.44. The van der Waals surface area contributed by atoms with Crippen LogP contribution >= 0.6 is 11.8 Å². The minimum Gasteiger partial charge on any atom is -0.329 e. The molecule has 1 aliphatic heterocycles. The molecule has 1 aromatic heterocycles. The fraction of sp³-hybridized carbons (Fsp3) is 0.727. The van der Waals surface area contributed by atoms with E-state index in [-0.39, 0.29) is 5.54 Å². The second kappa shape index (κ2) is 4.18. The number of hydrogen-bond acceptors (Lipinski definition) is 3. The second-order valence-electron chi connectivity index (χ2n) is 4.58. The fourth-order valence-corrected chi connectivity index (χ4v) is 3.15. The van der Waals surface area contributed by atoms with Gasteiger partial charge in [0.25, 0.3) is 0 Å². The van der Waals surface area contributed by atoms with Crippen LogP contribution in [0.2, 0.25) is 0 Å². The van der Waals surface area contributed by atoms with Crippen LogP contribution < -0.4 is 5.32 Å². The Balaban J connectivity index is 2.28. The van der Waals surface area contributed by atoms with Gasteiger partial charge in [0.05, 0.1) is 23.8 Å². The largest absolute Gasteiger partial charge is 0.329 e. The summed E-state index contributed by atoms with van der Waals surface area (Å²) < 4.78 is 2.34. The van der Waals surface area contributed by atoms with Gasteiger partial charge < -0.3 is 9.88 Å². The molecule has 1 unspecified atom stereocenters. The molecule has 84 valence electrons. The minimum absolute atomic E-state index is 0.00373. The number of aromatic nitrogens is 2. The lowest BCUT2D eigenvalue weighted by molar-refractivity contribution is 0.391. The Morgan fingerprint density at radius 3 is 3.00 bits per heavy atom. The third-order valence-corrected chi connectivity index (χ3v) is 4.38. The molecule has 1 saturated heterocycles. The van der Waals surface area contributed by atoms with Crippen LogP contribution in [0.15, 0.2) is 12.5 Å². The summed E-state index contributed by atoms with van der Waals surface area (Å²) in [6, 6.07) is 0.639. The highest BCUT2D eigenvalue weighted by Crippen LogP contribution is 2.31. The first-order valence-corrected chi connectivity index (χ1v) is 6.59. The van der Waals surface area contributed by atoms with E-state index in [9.17, 15) is 0 Å². The SMILES string of the molecule is CNC(C)(C)c1cncn1C1CCSC1. The first kappa shape index (κ1) is 11.0. The van der Waals surface area contributed by atoms with Gasteiger partial charge in [-0.25, -0.2) is 4.98 Å². The van der Waals surface area contributed by atoms with Crippen LogP contribution in [0.25, 0.3) is 0 Å². The Bertz CT molecular complexity index is 326. The Morgan fingerprint density at radius 2 is 2.40 bits per heavy atom. The van der Waals surface area contributed by atoms with Crippen molar-refractivity contribution in [1.29, 1.82) is 0 Å². The van der Waals surface area contributed by atoms with Crippen LogP contribution in [0, 0.1) is 0 Å². The van der Waals surface area contributed by atoms with E-state index in [1.165, 1.54) is 23.6 Å². The number of rotatable bonds is 3. The van der Waals surface area contributed by atoms with Gasteiger partial charge in [-0.3, -0.25) is 0 Å². The van der Waals surface area contributed by atoms with Gasteiger partial charge in [0.1, 0.15) is 0 Å². The van der Waals surface area contributed by atoms with E-state index >= 15 is 0 Å². The Labute approximate surface area is 95.7 Å². The van der Waals surface area contributed by atoms with Crippen LogP contribution in [0.4, 0.5) is 0 Å². The Kier molecular flexibility index (Phi) is 3.07. The Hall–Kier alpha value is -0.480. The second-order valence-corrected chi connectivity index (χ2v) is 5.73. The molecular weight excluding hydrogens is 206 g/mol. The molecule has 2 rings (SSSR count). The smallest absolute Gasteiger partial charge is 0.0951 e. The third kappa shape index (κ3) is 2.06. The molecule has 1 aliphatic rings. The monoisotopic (exact) mass is 225 g/mol. The zero-order chi connectivity index (χ0) is 10.9. The summed E-state index contributed by atoms with van der Waals surface area (Å²) in [7, 11) is 2.00. The highest BCUT2D eigenvalue weighted by molar-refractivity contribution is 7.99. The minimum atomic E-state index is 0.00373. The molecule has 2 heterocycles. The van der Waals surface area contributed by atoms with Crippen molar-refractivity contribution in [3.63, 3.8) is 0 Å². The van der Waals surface area contributed by atoms with Gasteiger partial charge in [-0.15, -0.1) is 0 Å². The van der Waals surface area contributed by atoms with Gasteiger partial charge in [-0.1, -0.05) is 0 Å². The molecule has 0 radical (unpaired) electrons. The molecule has 1 N–H and O–H groups in total. The maximum absolute atomic E-state index is 4.29. The molecule has 0 saturated carbocycles. The number of imidazole rings is 1. The summed E-state index contributed by atoms with van der Waals surface area (Å²) in [4.78, 5) is 4.29. The van der Waals surface area contributed by atoms with E-state index in [0.29, 0.717) is 6.04 Å². The van der Waals surface area contributed by atoms with Crippen molar-refractivity contribution in [3.8, 4) is 0 Å². The average molecular weight is 225 g/mol. The molecule has 1 atom stereocenters. The van der Waals surface area contributed by atoms with Crippen molar-refractivity contribution in [3.05, 3.63) is 18.2 Å². The fourth-order valence-electron chi connectivity index (χ4n) is 1.95. The van der Waals surface area contributed by atoms with Crippen molar-refractivity contribution < 1.29 is 0 Å². The molecule has 4 heteroatoms. The number of nitrogens with zero attached hydrogens (tertiary/aromatic N) is 2. The highest BCUT2D eigenvalue weighted by Gasteiger charge is 2.26. The first-order chi connectivity index (χ1) is 7.15. The van der Waals surface area contributed by atoms with E-state index in [0.717, 1.165) is 0 Å². The van der Waals surface area contributed by atoms with Crippen molar-refractivity contribution in [2.24, 2.45) is 0 Å². The molecule has 15 heavy (non-hydrogen) atoms. The van der Waals surface area contributed by atoms with Crippen LogP contribution in [0.3, 0.4) is 0 Å². The van der Waals surface area contributed by atoms with Gasteiger partial charge in [0.2, 0.25) is 0 Å². The molecule has 0 amide bonds. The lowest BCUT2D eigenvalue weighted by atomic mass is 10.0. The topological polar surface area (TPSA) is 29.9 Å². The Morgan fingerprint density at radius 1 is 1.60 bits per heavy atom. The lowest BCUT2D eigenvalue weighted by Crippen LogP contribution is -2.36.